The molecule has 0 bridgehead atoms. The summed E-state index contributed by atoms with van der Waals surface area (Å²) in [6, 6.07) is 14.0. The van der Waals surface area contributed by atoms with Crippen molar-refractivity contribution in [2.75, 3.05) is 12.4 Å². The molecule has 0 spiro atoms. The molecule has 2 aromatic rings. The molecule has 2 N–H and O–H groups in total. The number of hydrogen-bond donors (Lipinski definition) is 2. The Morgan fingerprint density at radius 1 is 1.10 bits per heavy atom. The third-order valence-corrected chi connectivity index (χ3v) is 3.00. The van der Waals surface area contributed by atoms with Gasteiger partial charge in [-0.05, 0) is 48.9 Å². The lowest BCUT2D eigenvalue weighted by Crippen LogP contribution is -2.11. The van der Waals surface area contributed by atoms with E-state index in [0.29, 0.717) is 17.0 Å². The molecule has 1 atom stereocenters. The number of ether oxygens (including phenoxy) is 1. The number of carbonyl (C=O) groups is 1. The average molecular weight is 271 g/mol. The molecule has 2 aromatic carbocycles. The Morgan fingerprint density at radius 3 is 2.20 bits per heavy atom. The molecule has 104 valence electrons. The van der Waals surface area contributed by atoms with E-state index >= 15 is 0 Å². The Morgan fingerprint density at radius 2 is 1.70 bits per heavy atom. The number of rotatable bonds is 4. The smallest absolute Gasteiger partial charge is 0.255 e. The zero-order chi connectivity index (χ0) is 14.5. The second kappa shape index (κ2) is 6.21. The van der Waals surface area contributed by atoms with Crippen molar-refractivity contribution in [1.82, 2.24) is 0 Å². The maximum atomic E-state index is 12.0. The highest BCUT2D eigenvalue weighted by Gasteiger charge is 2.07. The summed E-state index contributed by atoms with van der Waals surface area (Å²) < 4.78 is 5.05. The van der Waals surface area contributed by atoms with Gasteiger partial charge in [0.1, 0.15) is 5.75 Å². The van der Waals surface area contributed by atoms with Crippen LogP contribution in [-0.2, 0) is 0 Å². The van der Waals surface area contributed by atoms with Gasteiger partial charge in [-0.1, -0.05) is 12.1 Å². The molecule has 0 aliphatic carbocycles. The zero-order valence-corrected chi connectivity index (χ0v) is 11.5. The predicted octanol–water partition coefficient (Wildman–Crippen LogP) is 3.00. The molecule has 0 radical (unpaired) electrons. The van der Waals surface area contributed by atoms with E-state index in [9.17, 15) is 9.90 Å². The molecule has 0 aliphatic rings. The standard InChI is InChI=1S/C16H17NO3/c1-11(18)12-3-7-14(8-4-12)17-16(19)13-5-9-15(20-2)10-6-13/h3-11,18H,1-2H3,(H,17,19). The average Bonchev–Trinajstić information content (AvgIpc) is 2.48. The van der Waals surface area contributed by atoms with Crippen molar-refractivity contribution in [1.29, 1.82) is 0 Å². The van der Waals surface area contributed by atoms with Gasteiger partial charge in [-0.2, -0.15) is 0 Å². The Labute approximate surface area is 118 Å². The largest absolute Gasteiger partial charge is 0.497 e. The molecule has 1 unspecified atom stereocenters. The monoisotopic (exact) mass is 271 g/mol. The summed E-state index contributed by atoms with van der Waals surface area (Å²) in [7, 11) is 1.58. The second-order valence-electron chi connectivity index (χ2n) is 4.48. The molecule has 0 aromatic heterocycles. The molecule has 0 heterocycles. The summed E-state index contributed by atoms with van der Waals surface area (Å²) in [5, 5.41) is 12.2. The van der Waals surface area contributed by atoms with Crippen LogP contribution in [0.3, 0.4) is 0 Å². The molecule has 1 amide bonds. The van der Waals surface area contributed by atoms with Gasteiger partial charge in [0.05, 0.1) is 13.2 Å². The number of carbonyl (C=O) groups excluding carboxylic acids is 1. The highest BCUT2D eigenvalue weighted by atomic mass is 16.5. The van der Waals surface area contributed by atoms with Gasteiger partial charge < -0.3 is 15.2 Å². The van der Waals surface area contributed by atoms with Gasteiger partial charge >= 0.3 is 0 Å². The van der Waals surface area contributed by atoms with Gasteiger partial charge in [-0.15, -0.1) is 0 Å². The molecule has 0 aliphatic heterocycles. The number of benzene rings is 2. The van der Waals surface area contributed by atoms with E-state index < -0.39 is 6.10 Å². The lowest BCUT2D eigenvalue weighted by molar-refractivity contribution is 0.102. The van der Waals surface area contributed by atoms with E-state index in [0.717, 1.165) is 5.56 Å². The first-order valence-electron chi connectivity index (χ1n) is 6.33. The minimum atomic E-state index is -0.513. The fraction of sp³-hybridized carbons (Fsp3) is 0.188. The maximum Gasteiger partial charge on any atom is 0.255 e. The van der Waals surface area contributed by atoms with Crippen molar-refractivity contribution in [3.63, 3.8) is 0 Å². The van der Waals surface area contributed by atoms with Crippen LogP contribution in [0.5, 0.6) is 5.75 Å². The molecule has 2 rings (SSSR count). The van der Waals surface area contributed by atoms with Crippen molar-refractivity contribution in [2.24, 2.45) is 0 Å². The maximum absolute atomic E-state index is 12.0. The number of nitrogens with one attached hydrogen (secondary N) is 1. The van der Waals surface area contributed by atoms with Crippen molar-refractivity contribution in [3.05, 3.63) is 59.7 Å². The first-order chi connectivity index (χ1) is 9.60. The minimum Gasteiger partial charge on any atom is -0.497 e. The third kappa shape index (κ3) is 3.36. The van der Waals surface area contributed by atoms with Gasteiger partial charge in [0.25, 0.3) is 5.91 Å². The van der Waals surface area contributed by atoms with Crippen molar-refractivity contribution in [2.45, 2.75) is 13.0 Å². The predicted molar refractivity (Wildman–Crippen MR) is 78.0 cm³/mol. The van der Waals surface area contributed by atoms with Gasteiger partial charge in [0.2, 0.25) is 0 Å². The van der Waals surface area contributed by atoms with Crippen molar-refractivity contribution < 1.29 is 14.6 Å². The summed E-state index contributed by atoms with van der Waals surface area (Å²) >= 11 is 0. The van der Waals surface area contributed by atoms with Crippen molar-refractivity contribution >= 4 is 11.6 Å². The van der Waals surface area contributed by atoms with Gasteiger partial charge in [-0.25, -0.2) is 0 Å². The number of aliphatic hydroxyl groups excluding tert-OH is 1. The van der Waals surface area contributed by atoms with E-state index in [2.05, 4.69) is 5.32 Å². The summed E-state index contributed by atoms with van der Waals surface area (Å²) in [4.78, 5) is 12.0. The fourth-order valence-corrected chi connectivity index (χ4v) is 1.79. The van der Waals surface area contributed by atoms with Crippen LogP contribution in [0.15, 0.2) is 48.5 Å². The Kier molecular flexibility index (Phi) is 4.38. The van der Waals surface area contributed by atoms with Gasteiger partial charge in [-0.3, -0.25) is 4.79 Å². The molecular formula is C16H17NO3. The summed E-state index contributed by atoms with van der Waals surface area (Å²) in [5.41, 5.74) is 2.06. The van der Waals surface area contributed by atoms with Crippen LogP contribution in [0, 0.1) is 0 Å². The van der Waals surface area contributed by atoms with Crippen LogP contribution in [-0.4, -0.2) is 18.1 Å². The lowest BCUT2D eigenvalue weighted by atomic mass is 10.1. The van der Waals surface area contributed by atoms with Crippen LogP contribution in [0.4, 0.5) is 5.69 Å². The van der Waals surface area contributed by atoms with Crippen LogP contribution < -0.4 is 10.1 Å². The molecule has 0 fully saturated rings. The van der Waals surface area contributed by atoms with Gasteiger partial charge in [0, 0.05) is 11.3 Å². The number of anilines is 1. The number of amides is 1. The zero-order valence-electron chi connectivity index (χ0n) is 11.5. The fourth-order valence-electron chi connectivity index (χ4n) is 1.79. The minimum absolute atomic E-state index is 0.183. The molecule has 20 heavy (non-hydrogen) atoms. The highest BCUT2D eigenvalue weighted by molar-refractivity contribution is 6.04. The topological polar surface area (TPSA) is 58.6 Å². The van der Waals surface area contributed by atoms with E-state index in [1.165, 1.54) is 0 Å². The van der Waals surface area contributed by atoms with Crippen molar-refractivity contribution in [3.8, 4) is 5.75 Å². The quantitative estimate of drug-likeness (QED) is 0.898. The summed E-state index contributed by atoms with van der Waals surface area (Å²) in [6.07, 6.45) is -0.513. The Balaban J connectivity index is 2.06. The van der Waals surface area contributed by atoms with E-state index in [1.54, 1.807) is 62.6 Å². The molecule has 0 saturated carbocycles. The SMILES string of the molecule is COc1ccc(C(=O)Nc2ccc(C(C)O)cc2)cc1. The molecule has 0 saturated heterocycles. The van der Waals surface area contributed by atoms with Crippen LogP contribution >= 0.6 is 0 Å². The molecular weight excluding hydrogens is 254 g/mol. The van der Waals surface area contributed by atoms with E-state index in [1.807, 2.05) is 0 Å². The normalized spacial score (nSPS) is 11.8. The van der Waals surface area contributed by atoms with Crippen LogP contribution in [0.1, 0.15) is 28.9 Å². The second-order valence-corrected chi connectivity index (χ2v) is 4.48. The van der Waals surface area contributed by atoms with E-state index in [-0.39, 0.29) is 5.91 Å². The Hall–Kier alpha value is -2.33. The number of methoxy groups -OCH3 is 1. The first kappa shape index (κ1) is 14.1. The van der Waals surface area contributed by atoms with Gasteiger partial charge in [0.15, 0.2) is 0 Å². The number of aliphatic hydroxyl groups is 1. The molecule has 4 heteroatoms. The van der Waals surface area contributed by atoms with E-state index in [4.69, 9.17) is 4.74 Å². The first-order valence-corrected chi connectivity index (χ1v) is 6.33. The highest BCUT2D eigenvalue weighted by Crippen LogP contribution is 2.17. The summed E-state index contributed by atoms with van der Waals surface area (Å²) in [5.74, 6) is 0.528. The third-order valence-electron chi connectivity index (χ3n) is 3.00. The van der Waals surface area contributed by atoms with Crippen LogP contribution in [0.2, 0.25) is 0 Å². The number of hydrogen-bond acceptors (Lipinski definition) is 3. The van der Waals surface area contributed by atoms with Crippen LogP contribution in [0.25, 0.3) is 0 Å². The lowest BCUT2D eigenvalue weighted by Gasteiger charge is -2.08. The molecule has 4 nitrogen and oxygen atoms in total. The summed E-state index contributed by atoms with van der Waals surface area (Å²) in [6.45, 7) is 1.70. The Bertz CT molecular complexity index is 574.